The number of ketones is 1. The van der Waals surface area contributed by atoms with E-state index in [2.05, 4.69) is 33.6 Å². The Hall–Kier alpha value is -1.56. The molecular weight excluding hydrogens is 260 g/mol. The number of hydrogen-bond acceptors (Lipinski definition) is 4. The monoisotopic (exact) mass is 278 g/mol. The maximum atomic E-state index is 12.3. The van der Waals surface area contributed by atoms with Gasteiger partial charge in [-0.05, 0) is 33.8 Å². The molecule has 0 saturated heterocycles. The predicted octanol–water partition coefficient (Wildman–Crippen LogP) is 2.78. The summed E-state index contributed by atoms with van der Waals surface area (Å²) in [5.41, 5.74) is 2.97. The first-order valence-corrected chi connectivity index (χ1v) is 7.19. The van der Waals surface area contributed by atoms with Crippen LogP contribution in [0.3, 0.4) is 0 Å². The Balaban J connectivity index is 2.13. The van der Waals surface area contributed by atoms with Crippen LogP contribution < -0.4 is 0 Å². The second kappa shape index (κ2) is 5.61. The Bertz CT molecular complexity index is 572. The van der Waals surface area contributed by atoms with Crippen molar-refractivity contribution < 1.29 is 4.79 Å². The number of aromatic nitrogens is 4. The van der Waals surface area contributed by atoms with Crippen LogP contribution >= 0.6 is 11.8 Å². The van der Waals surface area contributed by atoms with E-state index in [1.807, 2.05) is 19.9 Å². The second-order valence-electron chi connectivity index (χ2n) is 4.75. The number of thioether (sulfide) groups is 1. The number of rotatable bonds is 5. The van der Waals surface area contributed by atoms with E-state index < -0.39 is 0 Å². The fourth-order valence-corrected chi connectivity index (χ4v) is 2.99. The van der Waals surface area contributed by atoms with Crippen LogP contribution in [0, 0.1) is 13.8 Å². The van der Waals surface area contributed by atoms with E-state index in [0.29, 0.717) is 17.0 Å². The van der Waals surface area contributed by atoms with Crippen LogP contribution in [0.1, 0.15) is 41.6 Å². The normalized spacial score (nSPS) is 11.2. The maximum Gasteiger partial charge on any atom is 0.183 e. The molecule has 2 rings (SSSR count). The van der Waals surface area contributed by atoms with Crippen LogP contribution in [0.15, 0.2) is 17.6 Å². The van der Waals surface area contributed by atoms with Crippen LogP contribution in [0.25, 0.3) is 0 Å². The highest BCUT2D eigenvalue weighted by Gasteiger charge is 2.17. The third-order valence-electron chi connectivity index (χ3n) is 3.03. The molecule has 0 amide bonds. The fraction of sp³-hybridized carbons (Fsp3) is 0.462. The largest absolute Gasteiger partial charge is 0.346 e. The van der Waals surface area contributed by atoms with Crippen LogP contribution in [0.2, 0.25) is 0 Å². The Labute approximate surface area is 116 Å². The summed E-state index contributed by atoms with van der Waals surface area (Å²) < 4.78 is 2.19. The third kappa shape index (κ3) is 2.89. The molecule has 1 N–H and O–H groups in total. The first-order chi connectivity index (χ1) is 9.00. The summed E-state index contributed by atoms with van der Waals surface area (Å²) in [5, 5.41) is 7.17. The van der Waals surface area contributed by atoms with Crippen molar-refractivity contribution in [1.29, 1.82) is 0 Å². The maximum absolute atomic E-state index is 12.3. The van der Waals surface area contributed by atoms with Gasteiger partial charge in [0.15, 0.2) is 10.9 Å². The number of nitrogens with zero attached hydrogens (tertiary/aromatic N) is 3. The zero-order valence-corrected chi connectivity index (χ0v) is 12.4. The van der Waals surface area contributed by atoms with Gasteiger partial charge in [-0.25, -0.2) is 4.98 Å². The molecule has 0 spiro atoms. The van der Waals surface area contributed by atoms with Crippen molar-refractivity contribution in [3.63, 3.8) is 0 Å². The van der Waals surface area contributed by atoms with Gasteiger partial charge < -0.3 is 4.57 Å². The van der Waals surface area contributed by atoms with Crippen molar-refractivity contribution >= 4 is 17.5 Å². The summed E-state index contributed by atoms with van der Waals surface area (Å²) in [6.45, 7) is 8.28. The Morgan fingerprint density at radius 1 is 1.47 bits per heavy atom. The lowest BCUT2D eigenvalue weighted by molar-refractivity contribution is 0.102. The van der Waals surface area contributed by atoms with E-state index >= 15 is 0 Å². The third-order valence-corrected chi connectivity index (χ3v) is 3.91. The molecule has 0 saturated carbocycles. The molecule has 2 heterocycles. The van der Waals surface area contributed by atoms with Crippen LogP contribution in [0.5, 0.6) is 0 Å². The molecule has 0 aliphatic rings. The first kappa shape index (κ1) is 13.9. The second-order valence-corrected chi connectivity index (χ2v) is 5.72. The van der Waals surface area contributed by atoms with E-state index in [1.165, 1.54) is 18.1 Å². The SMILES string of the molecule is Cc1cc(C(=O)CSc2ncn[nH]2)c(C)n1C(C)C. The van der Waals surface area contributed by atoms with Gasteiger partial charge in [0, 0.05) is 23.0 Å². The zero-order chi connectivity index (χ0) is 14.0. The van der Waals surface area contributed by atoms with E-state index in [-0.39, 0.29) is 5.78 Å². The lowest BCUT2D eigenvalue weighted by Gasteiger charge is -2.13. The fourth-order valence-electron chi connectivity index (χ4n) is 2.33. The molecule has 5 nitrogen and oxygen atoms in total. The standard InChI is InChI=1S/C13H18N4OS/c1-8(2)17-9(3)5-11(10(17)4)12(18)6-19-13-14-7-15-16-13/h5,7-8H,6H2,1-4H3,(H,14,15,16). The topological polar surface area (TPSA) is 63.6 Å². The van der Waals surface area contributed by atoms with E-state index in [1.54, 1.807) is 0 Å². The molecule has 2 aromatic heterocycles. The Kier molecular flexibility index (Phi) is 4.09. The molecule has 2 aromatic rings. The summed E-state index contributed by atoms with van der Waals surface area (Å²) in [7, 11) is 0. The van der Waals surface area contributed by atoms with Gasteiger partial charge in [-0.15, -0.1) is 0 Å². The van der Waals surface area contributed by atoms with Gasteiger partial charge in [0.05, 0.1) is 5.75 Å². The zero-order valence-electron chi connectivity index (χ0n) is 11.6. The lowest BCUT2D eigenvalue weighted by atomic mass is 10.2. The smallest absolute Gasteiger partial charge is 0.183 e. The number of hydrogen-bond donors (Lipinski definition) is 1. The van der Waals surface area contributed by atoms with Crippen molar-refractivity contribution in [1.82, 2.24) is 19.7 Å². The molecule has 102 valence electrons. The molecule has 0 fully saturated rings. The lowest BCUT2D eigenvalue weighted by Crippen LogP contribution is -2.08. The summed E-state index contributed by atoms with van der Waals surface area (Å²) in [6.07, 6.45) is 1.44. The summed E-state index contributed by atoms with van der Waals surface area (Å²) in [5.74, 6) is 0.499. The van der Waals surface area contributed by atoms with Gasteiger partial charge in [-0.2, -0.15) is 5.10 Å². The molecular formula is C13H18N4OS. The van der Waals surface area contributed by atoms with E-state index in [4.69, 9.17) is 0 Å². The summed E-state index contributed by atoms with van der Waals surface area (Å²) in [4.78, 5) is 16.2. The van der Waals surface area contributed by atoms with E-state index in [0.717, 1.165) is 17.0 Å². The van der Waals surface area contributed by atoms with Crippen LogP contribution in [-0.2, 0) is 0 Å². The highest BCUT2D eigenvalue weighted by Crippen LogP contribution is 2.22. The highest BCUT2D eigenvalue weighted by atomic mass is 32.2. The summed E-state index contributed by atoms with van der Waals surface area (Å²) in [6, 6.07) is 2.34. The first-order valence-electron chi connectivity index (χ1n) is 6.20. The molecule has 0 aromatic carbocycles. The van der Waals surface area contributed by atoms with Gasteiger partial charge in [0.2, 0.25) is 0 Å². The number of aromatic amines is 1. The molecule has 0 aliphatic heterocycles. The van der Waals surface area contributed by atoms with Crippen molar-refractivity contribution in [3.8, 4) is 0 Å². The van der Waals surface area contributed by atoms with E-state index in [9.17, 15) is 4.79 Å². The number of aryl methyl sites for hydroxylation is 1. The van der Waals surface area contributed by atoms with Gasteiger partial charge in [-0.3, -0.25) is 9.89 Å². The molecule has 0 radical (unpaired) electrons. The van der Waals surface area contributed by atoms with Gasteiger partial charge in [0.25, 0.3) is 0 Å². The molecule has 19 heavy (non-hydrogen) atoms. The van der Waals surface area contributed by atoms with Gasteiger partial charge in [-0.1, -0.05) is 11.8 Å². The predicted molar refractivity (Wildman–Crippen MR) is 75.7 cm³/mol. The Morgan fingerprint density at radius 3 is 2.74 bits per heavy atom. The molecule has 6 heteroatoms. The quantitative estimate of drug-likeness (QED) is 0.674. The number of nitrogens with one attached hydrogen (secondary N) is 1. The number of H-pyrrole nitrogens is 1. The average molecular weight is 278 g/mol. The van der Waals surface area contributed by atoms with Crippen molar-refractivity contribution in [2.24, 2.45) is 0 Å². The molecule has 0 atom stereocenters. The number of Topliss-reactive ketones (excluding diaryl/α,β-unsaturated/α-hetero) is 1. The highest BCUT2D eigenvalue weighted by molar-refractivity contribution is 7.99. The number of carbonyl (C=O) groups is 1. The Morgan fingerprint density at radius 2 is 2.21 bits per heavy atom. The minimum atomic E-state index is 0.126. The molecule has 0 bridgehead atoms. The summed E-state index contributed by atoms with van der Waals surface area (Å²) >= 11 is 1.37. The van der Waals surface area contributed by atoms with Crippen molar-refractivity contribution in [2.45, 2.75) is 38.9 Å². The van der Waals surface area contributed by atoms with Crippen LogP contribution in [0.4, 0.5) is 0 Å². The van der Waals surface area contributed by atoms with Crippen LogP contribution in [-0.4, -0.2) is 31.3 Å². The minimum absolute atomic E-state index is 0.126. The van der Waals surface area contributed by atoms with Crippen molar-refractivity contribution in [2.75, 3.05) is 5.75 Å². The minimum Gasteiger partial charge on any atom is -0.346 e. The van der Waals surface area contributed by atoms with Gasteiger partial charge >= 0.3 is 0 Å². The molecule has 0 aliphatic carbocycles. The molecule has 0 unspecified atom stereocenters. The van der Waals surface area contributed by atoms with Crippen molar-refractivity contribution in [3.05, 3.63) is 29.3 Å². The average Bonchev–Trinajstić information content (AvgIpc) is 2.94. The van der Waals surface area contributed by atoms with Gasteiger partial charge in [0.1, 0.15) is 6.33 Å². The number of carbonyl (C=O) groups excluding carboxylic acids is 1.